The summed E-state index contributed by atoms with van der Waals surface area (Å²) in [6.45, 7) is 3.19. The van der Waals surface area contributed by atoms with Gasteiger partial charge in [0.25, 0.3) is 0 Å². The van der Waals surface area contributed by atoms with Gasteiger partial charge in [0, 0.05) is 32.0 Å². The summed E-state index contributed by atoms with van der Waals surface area (Å²) in [4.78, 5) is 37.6. The van der Waals surface area contributed by atoms with Crippen LogP contribution >= 0.6 is 0 Å². The summed E-state index contributed by atoms with van der Waals surface area (Å²) < 4.78 is 49.9. The predicted molar refractivity (Wildman–Crippen MR) is 132 cm³/mol. The van der Waals surface area contributed by atoms with Crippen molar-refractivity contribution < 1.29 is 41.8 Å². The molecular formula is C26H31F4N3O5. The number of anilines is 1. The number of benzene rings is 2. The standard InChI is InChI=1S/C24H30FN3O3.C2HF3O2/c1-27(24(30)26-22-9-3-19(4-10-22)17-31-2)15-18-11-13-28(14-12-18)16-23(29)20-5-7-21(25)8-6-20;3-2(4,5)1(6)7/h3-10,18H,11-17H2,1-2H3,(H,26,30);(H,6,7). The van der Waals surface area contributed by atoms with E-state index >= 15 is 0 Å². The van der Waals surface area contributed by atoms with Crippen molar-refractivity contribution in [2.45, 2.75) is 25.6 Å². The number of amides is 2. The minimum atomic E-state index is -5.08. The quantitative estimate of drug-likeness (QED) is 0.373. The Morgan fingerprint density at radius 3 is 2.11 bits per heavy atom. The number of alkyl halides is 3. The Bertz CT molecular complexity index is 1050. The number of ketones is 1. The van der Waals surface area contributed by atoms with Crippen molar-refractivity contribution in [3.63, 3.8) is 0 Å². The molecule has 2 amide bonds. The van der Waals surface area contributed by atoms with E-state index in [1.807, 2.05) is 24.3 Å². The first-order chi connectivity index (χ1) is 17.9. The van der Waals surface area contributed by atoms with Gasteiger partial charge in [0.15, 0.2) is 5.78 Å². The van der Waals surface area contributed by atoms with Gasteiger partial charge in [-0.3, -0.25) is 9.69 Å². The zero-order valence-corrected chi connectivity index (χ0v) is 21.1. The number of piperidine rings is 1. The van der Waals surface area contributed by atoms with Crippen LogP contribution in [-0.2, 0) is 16.1 Å². The van der Waals surface area contributed by atoms with Crippen LogP contribution in [0.15, 0.2) is 48.5 Å². The number of Topliss-reactive ketones (excluding diaryl/α,β-unsaturated/α-hetero) is 1. The number of likely N-dealkylation sites (tertiary alicyclic amines) is 1. The molecule has 0 spiro atoms. The van der Waals surface area contributed by atoms with Crippen molar-refractivity contribution in [2.75, 3.05) is 45.7 Å². The van der Waals surface area contributed by atoms with Crippen LogP contribution in [0.4, 0.5) is 28.0 Å². The maximum atomic E-state index is 13.0. The SMILES string of the molecule is COCc1ccc(NC(=O)N(C)CC2CCN(CC(=O)c3ccc(F)cc3)CC2)cc1.O=C(O)C(F)(F)F. The molecule has 0 saturated carbocycles. The van der Waals surface area contributed by atoms with E-state index in [4.69, 9.17) is 14.6 Å². The highest BCUT2D eigenvalue weighted by Gasteiger charge is 2.38. The first kappa shape index (κ1) is 30.7. The predicted octanol–water partition coefficient (Wildman–Crippen LogP) is 4.66. The lowest BCUT2D eigenvalue weighted by molar-refractivity contribution is -0.192. The zero-order chi connectivity index (χ0) is 28.3. The molecule has 1 heterocycles. The Kier molecular flexibility index (Phi) is 11.7. The van der Waals surface area contributed by atoms with Gasteiger partial charge < -0.3 is 20.1 Å². The molecule has 2 aromatic carbocycles. The van der Waals surface area contributed by atoms with Crippen LogP contribution in [0.3, 0.4) is 0 Å². The molecule has 0 unspecified atom stereocenters. The summed E-state index contributed by atoms with van der Waals surface area (Å²) in [5.41, 5.74) is 2.35. The Balaban J connectivity index is 0.000000638. The van der Waals surface area contributed by atoms with Gasteiger partial charge in [-0.15, -0.1) is 0 Å². The number of ether oxygens (including phenoxy) is 1. The third kappa shape index (κ3) is 10.5. The number of carbonyl (C=O) groups is 3. The third-order valence-electron chi connectivity index (χ3n) is 5.88. The number of methoxy groups -OCH3 is 1. The van der Waals surface area contributed by atoms with Crippen molar-refractivity contribution in [3.8, 4) is 0 Å². The fourth-order valence-corrected chi connectivity index (χ4v) is 3.80. The Labute approximate surface area is 218 Å². The zero-order valence-electron chi connectivity index (χ0n) is 21.1. The molecule has 208 valence electrons. The fraction of sp³-hybridized carbons (Fsp3) is 0.423. The lowest BCUT2D eigenvalue weighted by Gasteiger charge is -2.33. The van der Waals surface area contributed by atoms with E-state index in [-0.39, 0.29) is 17.6 Å². The van der Waals surface area contributed by atoms with Crippen LogP contribution in [0.1, 0.15) is 28.8 Å². The van der Waals surface area contributed by atoms with Gasteiger partial charge in [-0.1, -0.05) is 12.1 Å². The van der Waals surface area contributed by atoms with Gasteiger partial charge in [0.1, 0.15) is 5.82 Å². The highest BCUT2D eigenvalue weighted by atomic mass is 19.4. The molecule has 0 aromatic heterocycles. The number of nitrogens with one attached hydrogen (secondary N) is 1. The number of halogens is 4. The van der Waals surface area contributed by atoms with E-state index in [1.54, 1.807) is 19.1 Å². The second kappa shape index (κ2) is 14.4. The second-order valence-electron chi connectivity index (χ2n) is 8.89. The van der Waals surface area contributed by atoms with Crippen LogP contribution < -0.4 is 5.32 Å². The van der Waals surface area contributed by atoms with Gasteiger partial charge in [-0.25, -0.2) is 14.0 Å². The minimum absolute atomic E-state index is 0.00598. The lowest BCUT2D eigenvalue weighted by Crippen LogP contribution is -2.42. The Morgan fingerprint density at radius 2 is 1.61 bits per heavy atom. The van der Waals surface area contributed by atoms with Gasteiger partial charge >= 0.3 is 18.2 Å². The highest BCUT2D eigenvalue weighted by molar-refractivity contribution is 5.97. The van der Waals surface area contributed by atoms with Crippen LogP contribution in [0.5, 0.6) is 0 Å². The molecule has 3 rings (SSSR count). The van der Waals surface area contributed by atoms with Gasteiger partial charge in [-0.2, -0.15) is 13.2 Å². The number of aliphatic carboxylic acids is 1. The summed E-state index contributed by atoms with van der Waals surface area (Å²) in [7, 11) is 3.46. The molecule has 1 saturated heterocycles. The van der Waals surface area contributed by atoms with Gasteiger partial charge in [-0.05, 0) is 73.8 Å². The molecule has 0 radical (unpaired) electrons. The van der Waals surface area contributed by atoms with E-state index < -0.39 is 12.1 Å². The first-order valence-corrected chi connectivity index (χ1v) is 11.8. The molecule has 8 nitrogen and oxygen atoms in total. The van der Waals surface area contributed by atoms with E-state index in [0.29, 0.717) is 31.2 Å². The van der Waals surface area contributed by atoms with Crippen molar-refractivity contribution in [1.29, 1.82) is 0 Å². The number of hydrogen-bond donors (Lipinski definition) is 2. The van der Waals surface area contributed by atoms with Gasteiger partial charge in [0.05, 0.1) is 13.2 Å². The maximum absolute atomic E-state index is 13.0. The summed E-state index contributed by atoms with van der Waals surface area (Å²) in [6, 6.07) is 13.2. The van der Waals surface area contributed by atoms with E-state index in [9.17, 15) is 27.2 Å². The van der Waals surface area contributed by atoms with Crippen LogP contribution in [0.25, 0.3) is 0 Å². The van der Waals surface area contributed by atoms with Crippen LogP contribution in [0.2, 0.25) is 0 Å². The average Bonchev–Trinajstić information content (AvgIpc) is 2.86. The number of rotatable bonds is 8. The topological polar surface area (TPSA) is 99.2 Å². The van der Waals surface area contributed by atoms with Crippen molar-refractivity contribution >= 4 is 23.5 Å². The highest BCUT2D eigenvalue weighted by Crippen LogP contribution is 2.19. The molecular weight excluding hydrogens is 510 g/mol. The average molecular weight is 542 g/mol. The summed E-state index contributed by atoms with van der Waals surface area (Å²) in [5, 5.41) is 10.0. The van der Waals surface area contributed by atoms with Gasteiger partial charge in [0.2, 0.25) is 0 Å². The Morgan fingerprint density at radius 1 is 1.05 bits per heavy atom. The van der Waals surface area contributed by atoms with E-state index in [2.05, 4.69) is 10.2 Å². The maximum Gasteiger partial charge on any atom is 0.490 e. The summed E-state index contributed by atoms with van der Waals surface area (Å²) in [6.07, 6.45) is -3.22. The Hall–Kier alpha value is -3.51. The van der Waals surface area contributed by atoms with Crippen molar-refractivity contribution in [2.24, 2.45) is 5.92 Å². The molecule has 38 heavy (non-hydrogen) atoms. The van der Waals surface area contributed by atoms with Crippen LogP contribution in [0, 0.1) is 11.7 Å². The summed E-state index contributed by atoms with van der Waals surface area (Å²) in [5.74, 6) is -2.69. The lowest BCUT2D eigenvalue weighted by atomic mass is 9.96. The van der Waals surface area contributed by atoms with Crippen molar-refractivity contribution in [1.82, 2.24) is 9.80 Å². The monoisotopic (exact) mass is 541 g/mol. The fourth-order valence-electron chi connectivity index (χ4n) is 3.80. The third-order valence-corrected chi connectivity index (χ3v) is 5.88. The molecule has 2 N–H and O–H groups in total. The van der Waals surface area contributed by atoms with E-state index in [1.165, 1.54) is 24.3 Å². The molecule has 2 aromatic rings. The molecule has 1 aliphatic heterocycles. The smallest absolute Gasteiger partial charge is 0.475 e. The molecule has 1 fully saturated rings. The molecule has 0 bridgehead atoms. The molecule has 12 heteroatoms. The number of hydrogen-bond acceptors (Lipinski definition) is 5. The number of carboxylic acid groups (broad SMARTS) is 1. The number of nitrogens with zero attached hydrogens (tertiary/aromatic N) is 2. The molecule has 0 aliphatic carbocycles. The number of urea groups is 1. The molecule has 0 atom stereocenters. The second-order valence-corrected chi connectivity index (χ2v) is 8.89. The first-order valence-electron chi connectivity index (χ1n) is 11.8. The number of carbonyl (C=O) groups excluding carboxylic acids is 2. The number of carboxylic acids is 1. The van der Waals surface area contributed by atoms with E-state index in [0.717, 1.165) is 37.2 Å². The molecule has 1 aliphatic rings. The largest absolute Gasteiger partial charge is 0.490 e. The summed E-state index contributed by atoms with van der Waals surface area (Å²) >= 11 is 0. The normalized spacial score (nSPS) is 14.3. The minimum Gasteiger partial charge on any atom is -0.475 e. The van der Waals surface area contributed by atoms with Crippen molar-refractivity contribution in [3.05, 3.63) is 65.5 Å². The van der Waals surface area contributed by atoms with Crippen LogP contribution in [-0.4, -0.2) is 79.2 Å².